The van der Waals surface area contributed by atoms with Gasteiger partial charge in [-0.25, -0.2) is 0 Å². The number of aliphatic carboxylic acids is 1. The lowest BCUT2D eigenvalue weighted by Crippen LogP contribution is -1.93. The lowest BCUT2D eigenvalue weighted by Gasteiger charge is -1.90. The Morgan fingerprint density at radius 3 is 2.70 bits per heavy atom. The number of oxime groups is 1. The van der Waals surface area contributed by atoms with Gasteiger partial charge in [0.2, 0.25) is 0 Å². The van der Waals surface area contributed by atoms with Crippen LogP contribution in [0.3, 0.4) is 0 Å². The van der Waals surface area contributed by atoms with Gasteiger partial charge in [-0.15, -0.1) is 5.16 Å². The van der Waals surface area contributed by atoms with Gasteiger partial charge in [0.1, 0.15) is 0 Å². The number of rotatable bonds is 5. The van der Waals surface area contributed by atoms with E-state index in [1.807, 2.05) is 0 Å². The van der Waals surface area contributed by atoms with E-state index in [1.165, 1.54) is 6.21 Å². The summed E-state index contributed by atoms with van der Waals surface area (Å²) in [6.45, 7) is 0. The van der Waals surface area contributed by atoms with E-state index < -0.39 is 5.97 Å². The van der Waals surface area contributed by atoms with E-state index in [-0.39, 0.29) is 6.42 Å². The van der Waals surface area contributed by atoms with Crippen LogP contribution in [0.1, 0.15) is 25.7 Å². The summed E-state index contributed by atoms with van der Waals surface area (Å²) in [5.74, 6) is -0.777. The van der Waals surface area contributed by atoms with Crippen molar-refractivity contribution in [3.8, 4) is 0 Å². The predicted octanol–water partition coefficient (Wildman–Crippen LogP) is 1.09. The van der Waals surface area contributed by atoms with Crippen molar-refractivity contribution < 1.29 is 15.1 Å². The fourth-order valence-electron chi connectivity index (χ4n) is 0.570. The number of hydrogen-bond donors (Lipinski definition) is 2. The summed E-state index contributed by atoms with van der Waals surface area (Å²) >= 11 is 0. The highest BCUT2D eigenvalue weighted by Gasteiger charge is 1.94. The minimum absolute atomic E-state index is 0.194. The zero-order chi connectivity index (χ0) is 7.82. The van der Waals surface area contributed by atoms with Gasteiger partial charge in [0.15, 0.2) is 0 Å². The minimum atomic E-state index is -0.777. The number of hydrogen-bond acceptors (Lipinski definition) is 3. The molecule has 0 rings (SSSR count). The Balaban J connectivity index is 2.98. The highest BCUT2D eigenvalue weighted by atomic mass is 16.4. The standard InChI is InChI=1S/C6H11NO3/c8-6(9)4-2-1-3-5-7-10/h5,10H,1-4H2,(H,8,9). The van der Waals surface area contributed by atoms with Gasteiger partial charge in [0.25, 0.3) is 0 Å². The maximum atomic E-state index is 9.95. The Labute approximate surface area is 59.2 Å². The SMILES string of the molecule is O=C(O)CCCCC=NO. The van der Waals surface area contributed by atoms with E-state index in [1.54, 1.807) is 0 Å². The van der Waals surface area contributed by atoms with Crippen LogP contribution in [0.15, 0.2) is 5.16 Å². The molecule has 0 aliphatic rings. The molecule has 0 aliphatic carbocycles. The average molecular weight is 145 g/mol. The second kappa shape index (κ2) is 6.07. The topological polar surface area (TPSA) is 69.9 Å². The van der Waals surface area contributed by atoms with Crippen molar-refractivity contribution in [3.05, 3.63) is 0 Å². The summed E-state index contributed by atoms with van der Waals surface area (Å²) in [4.78, 5) is 9.95. The zero-order valence-electron chi connectivity index (χ0n) is 5.66. The van der Waals surface area contributed by atoms with Gasteiger partial charge in [0, 0.05) is 12.6 Å². The number of carboxylic acid groups (broad SMARTS) is 1. The fourth-order valence-corrected chi connectivity index (χ4v) is 0.570. The second-order valence-corrected chi connectivity index (χ2v) is 1.94. The number of carboxylic acids is 1. The third-order valence-electron chi connectivity index (χ3n) is 1.06. The van der Waals surface area contributed by atoms with Gasteiger partial charge >= 0.3 is 5.97 Å². The van der Waals surface area contributed by atoms with E-state index in [9.17, 15) is 4.79 Å². The van der Waals surface area contributed by atoms with Crippen molar-refractivity contribution in [2.45, 2.75) is 25.7 Å². The third-order valence-corrected chi connectivity index (χ3v) is 1.06. The molecule has 4 nitrogen and oxygen atoms in total. The summed E-state index contributed by atoms with van der Waals surface area (Å²) in [7, 11) is 0. The molecule has 0 atom stereocenters. The molecule has 10 heavy (non-hydrogen) atoms. The zero-order valence-corrected chi connectivity index (χ0v) is 5.66. The highest BCUT2D eigenvalue weighted by Crippen LogP contribution is 1.97. The quantitative estimate of drug-likeness (QED) is 0.263. The molecule has 0 bridgehead atoms. The second-order valence-electron chi connectivity index (χ2n) is 1.94. The van der Waals surface area contributed by atoms with Gasteiger partial charge in [-0.05, 0) is 19.3 Å². The summed E-state index contributed by atoms with van der Waals surface area (Å²) < 4.78 is 0. The molecule has 0 saturated carbocycles. The number of unbranched alkanes of at least 4 members (excludes halogenated alkanes) is 2. The smallest absolute Gasteiger partial charge is 0.303 e. The van der Waals surface area contributed by atoms with E-state index in [2.05, 4.69) is 5.16 Å². The molecular weight excluding hydrogens is 134 g/mol. The van der Waals surface area contributed by atoms with Gasteiger partial charge in [-0.1, -0.05) is 0 Å². The first kappa shape index (κ1) is 8.94. The van der Waals surface area contributed by atoms with Gasteiger partial charge in [0.05, 0.1) is 0 Å². The molecule has 0 aromatic carbocycles. The van der Waals surface area contributed by atoms with Crippen LogP contribution in [0.5, 0.6) is 0 Å². The molecule has 0 saturated heterocycles. The summed E-state index contributed by atoms with van der Waals surface area (Å²) in [5, 5.41) is 18.9. The van der Waals surface area contributed by atoms with Crippen LogP contribution < -0.4 is 0 Å². The minimum Gasteiger partial charge on any atom is -0.481 e. The first-order chi connectivity index (χ1) is 4.77. The number of carbonyl (C=O) groups is 1. The molecule has 2 N–H and O–H groups in total. The van der Waals surface area contributed by atoms with Crippen molar-refractivity contribution in [2.24, 2.45) is 5.16 Å². The molecule has 0 fully saturated rings. The van der Waals surface area contributed by atoms with Crippen LogP contribution in [0.25, 0.3) is 0 Å². The molecular formula is C6H11NO3. The van der Waals surface area contributed by atoms with E-state index in [0.29, 0.717) is 12.8 Å². The molecule has 0 aliphatic heterocycles. The fraction of sp³-hybridized carbons (Fsp3) is 0.667. The lowest BCUT2D eigenvalue weighted by atomic mass is 10.2. The van der Waals surface area contributed by atoms with E-state index in [0.717, 1.165) is 6.42 Å². The molecule has 0 spiro atoms. The molecule has 0 heterocycles. The highest BCUT2D eigenvalue weighted by molar-refractivity contribution is 5.66. The van der Waals surface area contributed by atoms with Crippen molar-refractivity contribution in [1.29, 1.82) is 0 Å². The number of nitrogens with zero attached hydrogens (tertiary/aromatic N) is 1. The van der Waals surface area contributed by atoms with Crippen molar-refractivity contribution in [3.63, 3.8) is 0 Å². The van der Waals surface area contributed by atoms with Crippen LogP contribution in [0.2, 0.25) is 0 Å². The van der Waals surface area contributed by atoms with Crippen molar-refractivity contribution >= 4 is 12.2 Å². The Hall–Kier alpha value is -1.06. The van der Waals surface area contributed by atoms with E-state index >= 15 is 0 Å². The summed E-state index contributed by atoms with van der Waals surface area (Å²) in [6, 6.07) is 0. The summed E-state index contributed by atoms with van der Waals surface area (Å²) in [6.07, 6.45) is 3.60. The Bertz CT molecular complexity index is 122. The lowest BCUT2D eigenvalue weighted by molar-refractivity contribution is -0.137. The average Bonchev–Trinajstić information content (AvgIpc) is 1.87. The maximum Gasteiger partial charge on any atom is 0.303 e. The Kier molecular flexibility index (Phi) is 5.42. The molecule has 4 heteroatoms. The van der Waals surface area contributed by atoms with Gasteiger partial charge < -0.3 is 10.3 Å². The molecule has 0 radical (unpaired) electrons. The molecule has 0 aromatic heterocycles. The molecule has 58 valence electrons. The maximum absolute atomic E-state index is 9.95. The Morgan fingerprint density at radius 2 is 2.20 bits per heavy atom. The van der Waals surface area contributed by atoms with E-state index in [4.69, 9.17) is 10.3 Å². The van der Waals surface area contributed by atoms with Crippen LogP contribution in [0.4, 0.5) is 0 Å². The predicted molar refractivity (Wildman–Crippen MR) is 36.4 cm³/mol. The van der Waals surface area contributed by atoms with Gasteiger partial charge in [-0.2, -0.15) is 0 Å². The molecule has 0 aromatic rings. The normalized spacial score (nSPS) is 10.4. The Morgan fingerprint density at radius 1 is 1.50 bits per heavy atom. The van der Waals surface area contributed by atoms with Gasteiger partial charge in [-0.3, -0.25) is 4.79 Å². The van der Waals surface area contributed by atoms with Crippen LogP contribution in [-0.2, 0) is 4.79 Å². The first-order valence-corrected chi connectivity index (χ1v) is 3.15. The van der Waals surface area contributed by atoms with Crippen molar-refractivity contribution in [2.75, 3.05) is 0 Å². The monoisotopic (exact) mass is 145 g/mol. The summed E-state index contributed by atoms with van der Waals surface area (Å²) in [5.41, 5.74) is 0. The van der Waals surface area contributed by atoms with Crippen molar-refractivity contribution in [1.82, 2.24) is 0 Å². The first-order valence-electron chi connectivity index (χ1n) is 3.15. The molecule has 0 unspecified atom stereocenters. The largest absolute Gasteiger partial charge is 0.481 e. The van der Waals surface area contributed by atoms with Crippen LogP contribution >= 0.6 is 0 Å². The van der Waals surface area contributed by atoms with Crippen LogP contribution in [-0.4, -0.2) is 22.5 Å². The van der Waals surface area contributed by atoms with Crippen LogP contribution in [0, 0.1) is 0 Å². The molecule has 0 amide bonds. The third kappa shape index (κ3) is 6.94.